The van der Waals surface area contributed by atoms with Crippen LogP contribution in [0, 0.1) is 11.8 Å². The van der Waals surface area contributed by atoms with E-state index in [4.69, 9.17) is 27.7 Å². The van der Waals surface area contributed by atoms with Gasteiger partial charge in [-0.15, -0.1) is 0 Å². The highest BCUT2D eigenvalue weighted by molar-refractivity contribution is 6.36. The van der Waals surface area contributed by atoms with Crippen molar-refractivity contribution in [2.45, 2.75) is 45.6 Å². The molecule has 2 saturated heterocycles. The van der Waals surface area contributed by atoms with Gasteiger partial charge in [-0.25, -0.2) is 0 Å². The lowest BCUT2D eigenvalue weighted by Crippen LogP contribution is -2.41. The third-order valence-electron chi connectivity index (χ3n) is 6.78. The Bertz CT molecular complexity index is 921. The molecule has 0 radical (unpaired) electrons. The number of nitrogens with zero attached hydrogens (tertiary/aromatic N) is 4. The van der Waals surface area contributed by atoms with E-state index in [1.165, 1.54) is 25.9 Å². The fourth-order valence-corrected chi connectivity index (χ4v) is 5.08. The van der Waals surface area contributed by atoms with Gasteiger partial charge in [-0.05, 0) is 88.9 Å². The lowest BCUT2D eigenvalue weighted by Gasteiger charge is -2.31. The molecule has 7 nitrogen and oxygen atoms in total. The van der Waals surface area contributed by atoms with Crippen LogP contribution < -0.4 is 5.32 Å². The van der Waals surface area contributed by atoms with Crippen LogP contribution in [0.1, 0.15) is 44.9 Å². The quantitative estimate of drug-likeness (QED) is 0.545. The van der Waals surface area contributed by atoms with Crippen LogP contribution in [-0.2, 0) is 11.3 Å². The van der Waals surface area contributed by atoms with Crippen LogP contribution in [-0.4, -0.2) is 65.1 Å². The molecule has 1 amide bonds. The molecule has 1 aromatic heterocycles. The summed E-state index contributed by atoms with van der Waals surface area (Å²) >= 11 is 12.2. The largest absolute Gasteiger partial charge is 0.356 e. The summed E-state index contributed by atoms with van der Waals surface area (Å²) in [6, 6.07) is 5.21. The van der Waals surface area contributed by atoms with E-state index >= 15 is 0 Å². The lowest BCUT2D eigenvalue weighted by molar-refractivity contribution is -0.126. The molecular formula is C24H33Cl2N5O2. The first-order valence-corrected chi connectivity index (χ1v) is 12.7. The molecule has 3 heterocycles. The van der Waals surface area contributed by atoms with Gasteiger partial charge in [0.25, 0.3) is 0 Å². The minimum atomic E-state index is 0.0863. The second-order valence-corrected chi connectivity index (χ2v) is 10.2. The van der Waals surface area contributed by atoms with E-state index in [1.54, 1.807) is 18.2 Å². The molecule has 0 atom stereocenters. The van der Waals surface area contributed by atoms with Crippen molar-refractivity contribution in [1.82, 2.24) is 25.3 Å². The van der Waals surface area contributed by atoms with Gasteiger partial charge in [0.05, 0.1) is 11.6 Å². The Kier molecular flexibility index (Phi) is 8.63. The molecule has 9 heteroatoms. The Morgan fingerprint density at radius 1 is 1.12 bits per heavy atom. The summed E-state index contributed by atoms with van der Waals surface area (Å²) < 4.78 is 5.42. The van der Waals surface area contributed by atoms with Crippen LogP contribution in [0.2, 0.25) is 10.0 Å². The second kappa shape index (κ2) is 11.6. The number of piperidine rings is 2. The van der Waals surface area contributed by atoms with Crippen LogP contribution in [0.15, 0.2) is 22.7 Å². The third-order valence-corrected chi connectivity index (χ3v) is 7.33. The van der Waals surface area contributed by atoms with Crippen molar-refractivity contribution in [3.05, 3.63) is 34.1 Å². The summed E-state index contributed by atoms with van der Waals surface area (Å²) in [6.07, 6.45) is 5.31. The predicted octanol–water partition coefficient (Wildman–Crippen LogP) is 4.49. The van der Waals surface area contributed by atoms with Gasteiger partial charge in [0.15, 0.2) is 0 Å². The number of amides is 1. The molecule has 180 valence electrons. The number of aromatic nitrogens is 2. The number of carbonyl (C=O) groups excluding carboxylic acids is 1. The summed E-state index contributed by atoms with van der Waals surface area (Å²) in [5.74, 6) is 2.14. The number of rotatable bonds is 8. The number of halogens is 2. The molecule has 2 aliphatic rings. The van der Waals surface area contributed by atoms with E-state index < -0.39 is 0 Å². The Morgan fingerprint density at radius 3 is 2.58 bits per heavy atom. The fraction of sp³-hybridized carbons (Fsp3) is 0.625. The fourth-order valence-electron chi connectivity index (χ4n) is 4.59. The van der Waals surface area contributed by atoms with Gasteiger partial charge < -0.3 is 14.7 Å². The topological polar surface area (TPSA) is 74.5 Å². The number of likely N-dealkylation sites (tertiary alicyclic amines) is 2. The summed E-state index contributed by atoms with van der Waals surface area (Å²) in [5.41, 5.74) is 0.696. The standard InChI is InChI=1S/C24H33Cl2N5O2/c1-17-5-11-30(12-6-17)10-2-9-27-24(32)18-7-13-31(14-8-18)16-22-28-23(29-33-22)20-4-3-19(25)15-21(20)26/h3-4,15,17-18H,2,5-14,16H2,1H3,(H,27,32). The minimum Gasteiger partial charge on any atom is -0.356 e. The number of benzene rings is 1. The van der Waals surface area contributed by atoms with E-state index in [9.17, 15) is 4.79 Å². The third kappa shape index (κ3) is 6.92. The van der Waals surface area contributed by atoms with Gasteiger partial charge >= 0.3 is 0 Å². The lowest BCUT2D eigenvalue weighted by atomic mass is 9.96. The Hall–Kier alpha value is -1.67. The Balaban J connectivity index is 1.16. The molecule has 2 aliphatic heterocycles. The van der Waals surface area contributed by atoms with Crippen LogP contribution in [0.5, 0.6) is 0 Å². The van der Waals surface area contributed by atoms with Crippen molar-refractivity contribution in [1.29, 1.82) is 0 Å². The van der Waals surface area contributed by atoms with Crippen molar-refractivity contribution >= 4 is 29.1 Å². The van der Waals surface area contributed by atoms with Crippen molar-refractivity contribution in [2.24, 2.45) is 11.8 Å². The number of hydrogen-bond acceptors (Lipinski definition) is 6. The molecular weight excluding hydrogens is 461 g/mol. The zero-order valence-corrected chi connectivity index (χ0v) is 20.7. The molecule has 0 aliphatic carbocycles. The maximum atomic E-state index is 12.6. The van der Waals surface area contributed by atoms with Crippen LogP contribution in [0.25, 0.3) is 11.4 Å². The normalized spacial score (nSPS) is 19.1. The van der Waals surface area contributed by atoms with E-state index in [2.05, 4.69) is 32.2 Å². The molecule has 2 fully saturated rings. The first-order chi connectivity index (χ1) is 16.0. The molecule has 33 heavy (non-hydrogen) atoms. The van der Waals surface area contributed by atoms with Gasteiger partial charge in [-0.2, -0.15) is 4.98 Å². The summed E-state index contributed by atoms with van der Waals surface area (Å²) in [5, 5.41) is 8.26. The van der Waals surface area contributed by atoms with E-state index in [-0.39, 0.29) is 11.8 Å². The smallest absolute Gasteiger partial charge is 0.241 e. The first-order valence-electron chi connectivity index (χ1n) is 12.0. The van der Waals surface area contributed by atoms with Gasteiger partial charge in [0, 0.05) is 23.0 Å². The highest BCUT2D eigenvalue weighted by Gasteiger charge is 2.26. The second-order valence-electron chi connectivity index (χ2n) is 9.36. The van der Waals surface area contributed by atoms with Crippen LogP contribution in [0.3, 0.4) is 0 Å². The zero-order valence-electron chi connectivity index (χ0n) is 19.2. The van der Waals surface area contributed by atoms with Crippen molar-refractivity contribution < 1.29 is 9.32 Å². The van der Waals surface area contributed by atoms with E-state index in [0.29, 0.717) is 33.9 Å². The average molecular weight is 494 g/mol. The van der Waals surface area contributed by atoms with Gasteiger partial charge in [0.2, 0.25) is 17.6 Å². The molecule has 1 aromatic carbocycles. The average Bonchev–Trinajstić information content (AvgIpc) is 3.26. The molecule has 0 bridgehead atoms. The van der Waals surface area contributed by atoms with E-state index in [0.717, 1.165) is 51.4 Å². The molecule has 0 unspecified atom stereocenters. The van der Waals surface area contributed by atoms with Crippen molar-refractivity contribution in [3.63, 3.8) is 0 Å². The summed E-state index contributed by atoms with van der Waals surface area (Å²) in [4.78, 5) is 21.8. The molecule has 0 saturated carbocycles. The van der Waals surface area contributed by atoms with Gasteiger partial charge in [0.1, 0.15) is 0 Å². The highest BCUT2D eigenvalue weighted by atomic mass is 35.5. The predicted molar refractivity (Wildman–Crippen MR) is 130 cm³/mol. The summed E-state index contributed by atoms with van der Waals surface area (Å²) in [6.45, 7) is 8.82. The Labute approximate surface area is 205 Å². The maximum Gasteiger partial charge on any atom is 0.241 e. The number of carbonyl (C=O) groups is 1. The zero-order chi connectivity index (χ0) is 23.2. The van der Waals surface area contributed by atoms with E-state index in [1.807, 2.05) is 0 Å². The number of hydrogen-bond donors (Lipinski definition) is 1. The molecule has 0 spiro atoms. The van der Waals surface area contributed by atoms with Gasteiger partial charge in [-0.1, -0.05) is 35.3 Å². The first kappa shape index (κ1) is 24.5. The van der Waals surface area contributed by atoms with Gasteiger partial charge in [-0.3, -0.25) is 9.69 Å². The monoisotopic (exact) mass is 493 g/mol. The molecule has 2 aromatic rings. The minimum absolute atomic E-state index is 0.0863. The molecule has 1 N–H and O–H groups in total. The van der Waals surface area contributed by atoms with Crippen LogP contribution in [0.4, 0.5) is 0 Å². The SMILES string of the molecule is CC1CCN(CCCNC(=O)C2CCN(Cc3nc(-c4ccc(Cl)cc4Cl)no3)CC2)CC1. The Morgan fingerprint density at radius 2 is 1.85 bits per heavy atom. The van der Waals surface area contributed by atoms with Crippen LogP contribution >= 0.6 is 23.2 Å². The number of nitrogens with one attached hydrogen (secondary N) is 1. The maximum absolute atomic E-state index is 12.6. The molecule has 4 rings (SSSR count). The summed E-state index contributed by atoms with van der Waals surface area (Å²) in [7, 11) is 0. The highest BCUT2D eigenvalue weighted by Crippen LogP contribution is 2.28. The van der Waals surface area contributed by atoms with Crippen molar-refractivity contribution in [2.75, 3.05) is 39.3 Å². The van der Waals surface area contributed by atoms with Crippen molar-refractivity contribution in [3.8, 4) is 11.4 Å².